The number of nitrogens with one attached hydrogen (secondary N) is 1. The summed E-state index contributed by atoms with van der Waals surface area (Å²) in [6.07, 6.45) is 1.97. The standard InChI is InChI=1S/C22H28N4O3/c27-22(18-19-8-4-5-11-21(19)26(28)29)23-12-6-7-13-24-14-16-25(17-15-24)20-9-2-1-3-10-20/h1-5,8-11H,6-7,12-18H2,(H,23,27). The van der Waals surface area contributed by atoms with Crippen molar-refractivity contribution in [2.75, 3.05) is 44.2 Å². The fraction of sp³-hybridized carbons (Fsp3) is 0.409. The summed E-state index contributed by atoms with van der Waals surface area (Å²) < 4.78 is 0. The van der Waals surface area contributed by atoms with Gasteiger partial charge in [0, 0.05) is 50.0 Å². The van der Waals surface area contributed by atoms with Crippen LogP contribution in [-0.2, 0) is 11.2 Å². The molecular weight excluding hydrogens is 368 g/mol. The van der Waals surface area contributed by atoms with Crippen molar-refractivity contribution in [1.82, 2.24) is 10.2 Å². The number of anilines is 1. The van der Waals surface area contributed by atoms with Crippen LogP contribution >= 0.6 is 0 Å². The van der Waals surface area contributed by atoms with E-state index < -0.39 is 4.92 Å². The zero-order valence-corrected chi connectivity index (χ0v) is 16.6. The molecule has 0 atom stereocenters. The Balaban J connectivity index is 1.30. The van der Waals surface area contributed by atoms with E-state index in [0.717, 1.165) is 45.6 Å². The monoisotopic (exact) mass is 396 g/mol. The number of carbonyl (C=O) groups is 1. The van der Waals surface area contributed by atoms with Crippen molar-refractivity contribution in [3.63, 3.8) is 0 Å². The molecule has 0 aliphatic carbocycles. The molecule has 1 fully saturated rings. The number of benzene rings is 2. The highest BCUT2D eigenvalue weighted by Crippen LogP contribution is 2.18. The molecule has 0 saturated carbocycles. The van der Waals surface area contributed by atoms with Crippen LogP contribution in [0.25, 0.3) is 0 Å². The minimum absolute atomic E-state index is 0.00250. The van der Waals surface area contributed by atoms with Crippen LogP contribution in [0.15, 0.2) is 54.6 Å². The summed E-state index contributed by atoms with van der Waals surface area (Å²) in [6.45, 7) is 5.82. The first-order chi connectivity index (χ1) is 14.1. The molecule has 29 heavy (non-hydrogen) atoms. The van der Waals surface area contributed by atoms with Crippen molar-refractivity contribution in [1.29, 1.82) is 0 Å². The van der Waals surface area contributed by atoms with Crippen LogP contribution in [0, 0.1) is 10.1 Å². The molecule has 2 aromatic carbocycles. The van der Waals surface area contributed by atoms with E-state index in [0.29, 0.717) is 12.1 Å². The molecule has 1 heterocycles. The summed E-state index contributed by atoms with van der Waals surface area (Å²) in [4.78, 5) is 27.5. The summed E-state index contributed by atoms with van der Waals surface area (Å²) in [5, 5.41) is 13.9. The van der Waals surface area contributed by atoms with Gasteiger partial charge in [-0.2, -0.15) is 0 Å². The van der Waals surface area contributed by atoms with Crippen LogP contribution in [0.2, 0.25) is 0 Å². The minimum atomic E-state index is -0.444. The first kappa shape index (κ1) is 20.8. The Labute approximate surface area is 171 Å². The first-order valence-electron chi connectivity index (χ1n) is 10.1. The molecule has 2 aromatic rings. The highest BCUT2D eigenvalue weighted by atomic mass is 16.6. The third-order valence-electron chi connectivity index (χ3n) is 5.26. The van der Waals surface area contributed by atoms with Gasteiger partial charge in [0.05, 0.1) is 11.3 Å². The number of nitro benzene ring substituents is 1. The SMILES string of the molecule is O=C(Cc1ccccc1[N+](=O)[O-])NCCCCN1CCN(c2ccccc2)CC1. The fourth-order valence-electron chi connectivity index (χ4n) is 3.63. The Morgan fingerprint density at radius 3 is 2.38 bits per heavy atom. The second kappa shape index (κ2) is 10.6. The number of amides is 1. The van der Waals surface area contributed by atoms with Gasteiger partial charge in [-0.25, -0.2) is 0 Å². The Morgan fingerprint density at radius 1 is 0.966 bits per heavy atom. The second-order valence-electron chi connectivity index (χ2n) is 7.28. The molecule has 0 bridgehead atoms. The van der Waals surface area contributed by atoms with Crippen LogP contribution in [0.1, 0.15) is 18.4 Å². The van der Waals surface area contributed by atoms with Gasteiger partial charge < -0.3 is 10.2 Å². The van der Waals surface area contributed by atoms with E-state index in [1.807, 2.05) is 6.07 Å². The van der Waals surface area contributed by atoms with E-state index in [1.54, 1.807) is 18.2 Å². The number of para-hydroxylation sites is 2. The summed E-state index contributed by atoms with van der Waals surface area (Å²) in [5.74, 6) is -0.171. The molecule has 0 radical (unpaired) electrons. The van der Waals surface area contributed by atoms with Crippen molar-refractivity contribution in [3.8, 4) is 0 Å². The average Bonchev–Trinajstić information content (AvgIpc) is 2.75. The van der Waals surface area contributed by atoms with Gasteiger partial charge in [-0.3, -0.25) is 19.8 Å². The van der Waals surface area contributed by atoms with E-state index in [1.165, 1.54) is 11.8 Å². The number of piperazine rings is 1. The van der Waals surface area contributed by atoms with Gasteiger partial charge in [-0.05, 0) is 31.5 Å². The number of carbonyl (C=O) groups excluding carboxylic acids is 1. The van der Waals surface area contributed by atoms with Gasteiger partial charge in [0.1, 0.15) is 0 Å². The predicted octanol–water partition coefficient (Wildman–Crippen LogP) is 2.86. The number of hydrogen-bond acceptors (Lipinski definition) is 5. The van der Waals surface area contributed by atoms with Crippen LogP contribution in [0.5, 0.6) is 0 Å². The van der Waals surface area contributed by atoms with Crippen LogP contribution < -0.4 is 10.2 Å². The molecule has 1 amide bonds. The third kappa shape index (κ3) is 6.29. The number of hydrogen-bond donors (Lipinski definition) is 1. The molecule has 7 nitrogen and oxygen atoms in total. The molecule has 1 aliphatic heterocycles. The lowest BCUT2D eigenvalue weighted by Gasteiger charge is -2.36. The Kier molecular flexibility index (Phi) is 7.58. The minimum Gasteiger partial charge on any atom is -0.369 e. The molecule has 1 aliphatic rings. The third-order valence-corrected chi connectivity index (χ3v) is 5.26. The number of unbranched alkanes of at least 4 members (excludes halogenated alkanes) is 1. The van der Waals surface area contributed by atoms with E-state index in [4.69, 9.17) is 0 Å². The van der Waals surface area contributed by atoms with Gasteiger partial charge in [0.2, 0.25) is 5.91 Å². The maximum absolute atomic E-state index is 12.1. The van der Waals surface area contributed by atoms with Crippen LogP contribution in [0.4, 0.5) is 11.4 Å². The van der Waals surface area contributed by atoms with E-state index in [-0.39, 0.29) is 18.0 Å². The Bertz CT molecular complexity index is 805. The van der Waals surface area contributed by atoms with Gasteiger partial charge in [0.15, 0.2) is 0 Å². The van der Waals surface area contributed by atoms with E-state index in [9.17, 15) is 14.9 Å². The van der Waals surface area contributed by atoms with Gasteiger partial charge in [0.25, 0.3) is 5.69 Å². The largest absolute Gasteiger partial charge is 0.369 e. The first-order valence-corrected chi connectivity index (χ1v) is 10.1. The molecular formula is C22H28N4O3. The Morgan fingerprint density at radius 2 is 1.66 bits per heavy atom. The smallest absolute Gasteiger partial charge is 0.273 e. The maximum atomic E-state index is 12.1. The van der Waals surface area contributed by atoms with Crippen molar-refractivity contribution < 1.29 is 9.72 Å². The predicted molar refractivity (Wildman–Crippen MR) is 114 cm³/mol. The van der Waals surface area contributed by atoms with Crippen molar-refractivity contribution >= 4 is 17.3 Å². The summed E-state index contributed by atoms with van der Waals surface area (Å²) >= 11 is 0. The average molecular weight is 396 g/mol. The molecule has 0 unspecified atom stereocenters. The van der Waals surface area contributed by atoms with Crippen LogP contribution in [-0.4, -0.2) is 55.0 Å². The zero-order chi connectivity index (χ0) is 20.5. The topological polar surface area (TPSA) is 78.7 Å². The zero-order valence-electron chi connectivity index (χ0n) is 16.6. The maximum Gasteiger partial charge on any atom is 0.273 e. The summed E-state index contributed by atoms with van der Waals surface area (Å²) in [6, 6.07) is 16.9. The molecule has 7 heteroatoms. The van der Waals surface area contributed by atoms with Gasteiger partial charge >= 0.3 is 0 Å². The van der Waals surface area contributed by atoms with Gasteiger partial charge in [-0.15, -0.1) is 0 Å². The summed E-state index contributed by atoms with van der Waals surface area (Å²) in [7, 11) is 0. The normalized spacial score (nSPS) is 14.6. The molecule has 0 aromatic heterocycles. The van der Waals surface area contributed by atoms with Crippen molar-refractivity contribution in [3.05, 3.63) is 70.3 Å². The molecule has 1 N–H and O–H groups in total. The second-order valence-corrected chi connectivity index (χ2v) is 7.28. The highest BCUT2D eigenvalue weighted by Gasteiger charge is 2.17. The molecule has 3 rings (SSSR count). The van der Waals surface area contributed by atoms with Gasteiger partial charge in [-0.1, -0.05) is 36.4 Å². The van der Waals surface area contributed by atoms with E-state index >= 15 is 0 Å². The number of nitrogens with zero attached hydrogens (tertiary/aromatic N) is 3. The van der Waals surface area contributed by atoms with Crippen molar-refractivity contribution in [2.24, 2.45) is 0 Å². The molecule has 1 saturated heterocycles. The quantitative estimate of drug-likeness (QED) is 0.401. The Hall–Kier alpha value is -2.93. The molecule has 0 spiro atoms. The number of rotatable bonds is 9. The lowest BCUT2D eigenvalue weighted by atomic mass is 10.1. The fourth-order valence-corrected chi connectivity index (χ4v) is 3.63. The van der Waals surface area contributed by atoms with E-state index in [2.05, 4.69) is 39.4 Å². The highest BCUT2D eigenvalue weighted by molar-refractivity contribution is 5.79. The molecule has 154 valence electrons. The lowest BCUT2D eigenvalue weighted by Crippen LogP contribution is -2.46. The summed E-state index contributed by atoms with van der Waals surface area (Å²) in [5.41, 5.74) is 1.73. The number of nitro groups is 1. The van der Waals surface area contributed by atoms with Crippen LogP contribution in [0.3, 0.4) is 0 Å². The van der Waals surface area contributed by atoms with Crippen molar-refractivity contribution in [2.45, 2.75) is 19.3 Å². The lowest BCUT2D eigenvalue weighted by molar-refractivity contribution is -0.385.